The lowest BCUT2D eigenvalue weighted by Gasteiger charge is -2.37. The number of benzene rings is 2. The third-order valence-corrected chi connectivity index (χ3v) is 5.91. The molecule has 5 heteroatoms. The van der Waals surface area contributed by atoms with Crippen LogP contribution in [0.4, 0.5) is 5.69 Å². The van der Waals surface area contributed by atoms with Crippen molar-refractivity contribution in [3.63, 3.8) is 0 Å². The molecule has 1 aromatic heterocycles. The predicted molar refractivity (Wildman–Crippen MR) is 112 cm³/mol. The van der Waals surface area contributed by atoms with Crippen LogP contribution in [0.5, 0.6) is 0 Å². The molecule has 146 valence electrons. The molecule has 5 rings (SSSR count). The van der Waals surface area contributed by atoms with Gasteiger partial charge >= 0.3 is 0 Å². The molecule has 29 heavy (non-hydrogen) atoms. The van der Waals surface area contributed by atoms with Crippen LogP contribution in [0.15, 0.2) is 72.9 Å². The molecule has 2 aromatic carbocycles. The first-order chi connectivity index (χ1) is 14.2. The van der Waals surface area contributed by atoms with E-state index < -0.39 is 0 Å². The number of carbonyl (C=O) groups excluding carboxylic acids is 2. The summed E-state index contributed by atoms with van der Waals surface area (Å²) in [5.74, 6) is 0.176. The van der Waals surface area contributed by atoms with Gasteiger partial charge in [0.2, 0.25) is 5.91 Å². The number of carbonyl (C=O) groups is 2. The third-order valence-electron chi connectivity index (χ3n) is 5.91. The average molecular weight is 385 g/mol. The van der Waals surface area contributed by atoms with Gasteiger partial charge in [-0.1, -0.05) is 30.3 Å². The fourth-order valence-electron chi connectivity index (χ4n) is 4.46. The molecule has 0 radical (unpaired) electrons. The van der Waals surface area contributed by atoms with E-state index in [0.717, 1.165) is 36.5 Å². The molecule has 3 aromatic rings. The van der Waals surface area contributed by atoms with E-state index in [2.05, 4.69) is 29.0 Å². The van der Waals surface area contributed by atoms with Gasteiger partial charge in [0.1, 0.15) is 0 Å². The van der Waals surface area contributed by atoms with Crippen molar-refractivity contribution in [3.05, 3.63) is 89.7 Å². The van der Waals surface area contributed by atoms with Crippen molar-refractivity contribution >= 4 is 17.5 Å². The number of hydrogen-bond acceptors (Lipinski definition) is 2. The Kier molecular flexibility index (Phi) is 4.43. The first kappa shape index (κ1) is 17.7. The third kappa shape index (κ3) is 3.12. The Morgan fingerprint density at radius 3 is 2.38 bits per heavy atom. The maximum atomic E-state index is 13.4. The Morgan fingerprint density at radius 2 is 1.66 bits per heavy atom. The Hall–Kier alpha value is -3.34. The van der Waals surface area contributed by atoms with Gasteiger partial charge in [0.25, 0.3) is 5.91 Å². The van der Waals surface area contributed by atoms with Crippen molar-refractivity contribution in [3.8, 4) is 0 Å². The van der Waals surface area contributed by atoms with Gasteiger partial charge in [-0.05, 0) is 48.4 Å². The van der Waals surface area contributed by atoms with Gasteiger partial charge < -0.3 is 14.4 Å². The number of nitrogens with zero attached hydrogens (tertiary/aromatic N) is 3. The summed E-state index contributed by atoms with van der Waals surface area (Å²) >= 11 is 0. The second-order valence-corrected chi connectivity index (χ2v) is 7.63. The average Bonchev–Trinajstić information content (AvgIpc) is 3.42. The van der Waals surface area contributed by atoms with Crippen LogP contribution in [0.2, 0.25) is 0 Å². The van der Waals surface area contributed by atoms with Gasteiger partial charge in [0.15, 0.2) is 0 Å². The number of rotatable bonds is 3. The smallest absolute Gasteiger partial charge is 0.254 e. The van der Waals surface area contributed by atoms with E-state index in [-0.39, 0.29) is 17.9 Å². The summed E-state index contributed by atoms with van der Waals surface area (Å²) in [7, 11) is 0. The zero-order valence-electron chi connectivity index (χ0n) is 16.2. The summed E-state index contributed by atoms with van der Waals surface area (Å²) in [5.41, 5.74) is 3.77. The van der Waals surface area contributed by atoms with E-state index in [9.17, 15) is 9.59 Å². The second kappa shape index (κ2) is 7.24. The summed E-state index contributed by atoms with van der Waals surface area (Å²) < 4.78 is 2.23. The first-order valence-corrected chi connectivity index (χ1v) is 10.1. The topological polar surface area (TPSA) is 45.6 Å². The normalized spacial score (nSPS) is 18.8. The van der Waals surface area contributed by atoms with Gasteiger partial charge in [0, 0.05) is 49.2 Å². The van der Waals surface area contributed by atoms with Crippen LogP contribution in [-0.2, 0) is 11.3 Å². The van der Waals surface area contributed by atoms with E-state index in [1.165, 1.54) is 0 Å². The molecule has 2 amide bonds. The highest BCUT2D eigenvalue weighted by Gasteiger charge is 2.32. The molecule has 1 unspecified atom stereocenters. The Bertz CT molecular complexity index is 1040. The van der Waals surface area contributed by atoms with Crippen LogP contribution >= 0.6 is 0 Å². The minimum absolute atomic E-state index is 0.0191. The largest absolute Gasteiger partial charge is 0.348 e. The standard InChI is InChI=1S/C24H23N3O2/c28-22-9-5-15-26(22)20-12-10-19(11-13-20)24(29)27-17-16-25-14-4-8-21(25)23(27)18-6-2-1-3-7-18/h1-4,6-8,10-14,23H,5,9,15-17H2. The monoisotopic (exact) mass is 385 g/mol. The van der Waals surface area contributed by atoms with Crippen LogP contribution in [0.25, 0.3) is 0 Å². The summed E-state index contributed by atoms with van der Waals surface area (Å²) in [4.78, 5) is 29.2. The molecule has 0 aliphatic carbocycles. The number of anilines is 1. The molecule has 0 saturated carbocycles. The van der Waals surface area contributed by atoms with E-state index in [1.54, 1.807) is 4.90 Å². The minimum Gasteiger partial charge on any atom is -0.348 e. The Labute approximate surface area is 170 Å². The molecule has 3 heterocycles. The van der Waals surface area contributed by atoms with Crippen LogP contribution in [0.3, 0.4) is 0 Å². The second-order valence-electron chi connectivity index (χ2n) is 7.63. The van der Waals surface area contributed by atoms with Crippen molar-refractivity contribution < 1.29 is 9.59 Å². The van der Waals surface area contributed by atoms with Gasteiger partial charge in [-0.2, -0.15) is 0 Å². The lowest BCUT2D eigenvalue weighted by Crippen LogP contribution is -2.42. The maximum Gasteiger partial charge on any atom is 0.254 e. The molecular weight excluding hydrogens is 362 g/mol. The number of fused-ring (bicyclic) bond motifs is 1. The lowest BCUT2D eigenvalue weighted by atomic mass is 9.99. The molecule has 5 nitrogen and oxygen atoms in total. The van der Waals surface area contributed by atoms with E-state index in [1.807, 2.05) is 53.4 Å². The maximum absolute atomic E-state index is 13.4. The van der Waals surface area contributed by atoms with Gasteiger partial charge in [0.05, 0.1) is 6.04 Å². The van der Waals surface area contributed by atoms with Gasteiger partial charge in [-0.25, -0.2) is 0 Å². The Morgan fingerprint density at radius 1 is 0.862 bits per heavy atom. The summed E-state index contributed by atoms with van der Waals surface area (Å²) in [5, 5.41) is 0. The molecule has 2 aliphatic rings. The fraction of sp³-hybridized carbons (Fsp3) is 0.250. The summed E-state index contributed by atoms with van der Waals surface area (Å²) in [6.07, 6.45) is 3.58. The molecular formula is C24H23N3O2. The summed E-state index contributed by atoms with van der Waals surface area (Å²) in [6.45, 7) is 2.20. The molecule has 0 spiro atoms. The lowest BCUT2D eigenvalue weighted by molar-refractivity contribution is -0.117. The predicted octanol–water partition coefficient (Wildman–Crippen LogP) is 3.86. The molecule has 1 saturated heterocycles. The zero-order chi connectivity index (χ0) is 19.8. The minimum atomic E-state index is -0.104. The molecule has 0 N–H and O–H groups in total. The SMILES string of the molecule is O=C1CCCN1c1ccc(C(=O)N2CCn3cccc3C2c2ccccc2)cc1. The number of hydrogen-bond donors (Lipinski definition) is 0. The van der Waals surface area contributed by atoms with Crippen LogP contribution in [0.1, 0.15) is 40.5 Å². The van der Waals surface area contributed by atoms with Gasteiger partial charge in [-0.15, -0.1) is 0 Å². The fourth-order valence-corrected chi connectivity index (χ4v) is 4.46. The van der Waals surface area contributed by atoms with Crippen LogP contribution < -0.4 is 4.90 Å². The molecule has 1 atom stereocenters. The van der Waals surface area contributed by atoms with Crippen molar-refractivity contribution in [2.45, 2.75) is 25.4 Å². The zero-order valence-corrected chi connectivity index (χ0v) is 16.2. The highest BCUT2D eigenvalue weighted by molar-refractivity contribution is 5.98. The van der Waals surface area contributed by atoms with Crippen molar-refractivity contribution in [1.82, 2.24) is 9.47 Å². The molecule has 0 bridgehead atoms. The van der Waals surface area contributed by atoms with E-state index in [4.69, 9.17) is 0 Å². The molecule has 1 fully saturated rings. The first-order valence-electron chi connectivity index (χ1n) is 10.1. The van der Waals surface area contributed by atoms with E-state index >= 15 is 0 Å². The van der Waals surface area contributed by atoms with Crippen molar-refractivity contribution in [2.75, 3.05) is 18.0 Å². The highest BCUT2D eigenvalue weighted by Crippen LogP contribution is 2.33. The summed E-state index contributed by atoms with van der Waals surface area (Å²) in [6, 6.07) is 21.7. The van der Waals surface area contributed by atoms with E-state index in [0.29, 0.717) is 18.5 Å². The Balaban J connectivity index is 1.46. The van der Waals surface area contributed by atoms with Crippen LogP contribution in [0, 0.1) is 0 Å². The number of aromatic nitrogens is 1. The highest BCUT2D eigenvalue weighted by atomic mass is 16.2. The van der Waals surface area contributed by atoms with Gasteiger partial charge in [-0.3, -0.25) is 9.59 Å². The number of amides is 2. The van der Waals surface area contributed by atoms with Crippen molar-refractivity contribution in [2.24, 2.45) is 0 Å². The quantitative estimate of drug-likeness (QED) is 0.687. The van der Waals surface area contributed by atoms with Crippen LogP contribution in [-0.4, -0.2) is 34.4 Å². The molecule has 2 aliphatic heterocycles. The van der Waals surface area contributed by atoms with Crippen molar-refractivity contribution in [1.29, 1.82) is 0 Å².